The maximum absolute atomic E-state index is 13.2. The fourth-order valence-corrected chi connectivity index (χ4v) is 4.90. The van der Waals surface area contributed by atoms with Crippen molar-refractivity contribution in [2.45, 2.75) is 51.5 Å². The molecule has 2 N–H and O–H groups in total. The minimum atomic E-state index is -0.343. The number of hydrogen-bond acceptors (Lipinski definition) is 3. The van der Waals surface area contributed by atoms with E-state index >= 15 is 0 Å². The number of carbonyl (C=O) groups excluding carboxylic acids is 1. The third-order valence-electron chi connectivity index (χ3n) is 6.66. The van der Waals surface area contributed by atoms with Crippen LogP contribution < -0.4 is 5.84 Å². The number of benzene rings is 2. The molecule has 1 saturated heterocycles. The summed E-state index contributed by atoms with van der Waals surface area (Å²) in [5.41, 5.74) is 3.26. The second kappa shape index (κ2) is 8.60. The molecular weight excluding hydrogens is 377 g/mol. The molecule has 0 spiro atoms. The standard InChI is InChI=1S/C25H30FN3O/c1-3-21(4-2)28-13-11-17(12-14-28)23-16-29(27)24-10-7-19(15-22(23)24)25(30)18-5-8-20(26)9-6-18/h5-10,15-17,21H,3-4,11-14,27H2,1-2H3. The summed E-state index contributed by atoms with van der Waals surface area (Å²) >= 11 is 0. The highest BCUT2D eigenvalue weighted by atomic mass is 19.1. The molecule has 4 rings (SSSR count). The lowest BCUT2D eigenvalue weighted by Crippen LogP contribution is -2.40. The predicted molar refractivity (Wildman–Crippen MR) is 120 cm³/mol. The van der Waals surface area contributed by atoms with E-state index in [0.29, 0.717) is 23.1 Å². The van der Waals surface area contributed by atoms with Crippen LogP contribution in [0.1, 0.15) is 66.9 Å². The number of hydrogen-bond donors (Lipinski definition) is 1. The van der Waals surface area contributed by atoms with Crippen molar-refractivity contribution in [2.24, 2.45) is 0 Å². The van der Waals surface area contributed by atoms with Crippen LogP contribution in [-0.2, 0) is 0 Å². The summed E-state index contributed by atoms with van der Waals surface area (Å²) in [5.74, 6) is 6.24. The molecule has 0 bridgehead atoms. The first kappa shape index (κ1) is 20.6. The zero-order valence-electron chi connectivity index (χ0n) is 17.8. The molecule has 0 radical (unpaired) electrons. The van der Waals surface area contributed by atoms with Crippen molar-refractivity contribution in [1.29, 1.82) is 0 Å². The number of rotatable bonds is 6. The molecule has 0 unspecified atom stereocenters. The van der Waals surface area contributed by atoms with E-state index in [9.17, 15) is 9.18 Å². The molecule has 2 aromatic carbocycles. The van der Waals surface area contributed by atoms with Gasteiger partial charge in [0.05, 0.1) is 5.52 Å². The van der Waals surface area contributed by atoms with Crippen molar-refractivity contribution in [3.05, 3.63) is 71.2 Å². The van der Waals surface area contributed by atoms with Gasteiger partial charge in [-0.2, -0.15) is 0 Å². The quantitative estimate of drug-likeness (QED) is 0.457. The first-order valence-electron chi connectivity index (χ1n) is 11.0. The van der Waals surface area contributed by atoms with Crippen LogP contribution in [0.3, 0.4) is 0 Å². The van der Waals surface area contributed by atoms with E-state index in [0.717, 1.165) is 36.8 Å². The Balaban J connectivity index is 1.61. The molecule has 4 nitrogen and oxygen atoms in total. The van der Waals surface area contributed by atoms with E-state index < -0.39 is 0 Å². The van der Waals surface area contributed by atoms with Gasteiger partial charge in [0.1, 0.15) is 5.82 Å². The normalized spacial score (nSPS) is 15.9. The second-order valence-electron chi connectivity index (χ2n) is 8.34. The fourth-order valence-electron chi connectivity index (χ4n) is 4.90. The highest BCUT2D eigenvalue weighted by Gasteiger charge is 2.26. The van der Waals surface area contributed by atoms with Gasteiger partial charge in [-0.25, -0.2) is 4.39 Å². The molecule has 2 heterocycles. The lowest BCUT2D eigenvalue weighted by molar-refractivity contribution is 0.103. The summed E-state index contributed by atoms with van der Waals surface area (Å²) in [6.07, 6.45) is 6.61. The number of ketones is 1. The highest BCUT2D eigenvalue weighted by molar-refractivity contribution is 6.10. The number of piperidine rings is 1. The second-order valence-corrected chi connectivity index (χ2v) is 8.34. The Hall–Kier alpha value is -2.66. The van der Waals surface area contributed by atoms with Gasteiger partial charge in [0.25, 0.3) is 0 Å². The van der Waals surface area contributed by atoms with Gasteiger partial charge in [0, 0.05) is 28.8 Å². The van der Waals surface area contributed by atoms with E-state index in [1.807, 2.05) is 18.3 Å². The van der Waals surface area contributed by atoms with Gasteiger partial charge in [-0.3, -0.25) is 9.47 Å². The Morgan fingerprint density at radius 3 is 2.33 bits per heavy atom. The summed E-state index contributed by atoms with van der Waals surface area (Å²) in [6, 6.07) is 12.0. The number of fused-ring (bicyclic) bond motifs is 1. The molecule has 0 aliphatic carbocycles. The number of nitrogen functional groups attached to an aromatic ring is 1. The van der Waals surface area contributed by atoms with Gasteiger partial charge < -0.3 is 10.7 Å². The van der Waals surface area contributed by atoms with Crippen molar-refractivity contribution in [2.75, 3.05) is 18.9 Å². The van der Waals surface area contributed by atoms with Crippen molar-refractivity contribution < 1.29 is 9.18 Å². The first-order chi connectivity index (χ1) is 14.5. The molecule has 1 aliphatic heterocycles. The monoisotopic (exact) mass is 407 g/mol. The lowest BCUT2D eigenvalue weighted by Gasteiger charge is -2.37. The van der Waals surface area contributed by atoms with Crippen LogP contribution in [0.15, 0.2) is 48.7 Å². The maximum atomic E-state index is 13.2. The summed E-state index contributed by atoms with van der Waals surface area (Å²) < 4.78 is 14.9. The van der Waals surface area contributed by atoms with E-state index in [1.165, 1.54) is 42.7 Å². The molecular formula is C25H30FN3O. The number of nitrogens with two attached hydrogens (primary N) is 1. The van der Waals surface area contributed by atoms with Crippen LogP contribution in [0.5, 0.6) is 0 Å². The van der Waals surface area contributed by atoms with Gasteiger partial charge in [-0.1, -0.05) is 13.8 Å². The maximum Gasteiger partial charge on any atom is 0.193 e. The Bertz CT molecular complexity index is 1030. The zero-order valence-corrected chi connectivity index (χ0v) is 17.8. The van der Waals surface area contributed by atoms with Gasteiger partial charge in [0.2, 0.25) is 0 Å². The van der Waals surface area contributed by atoms with Gasteiger partial charge >= 0.3 is 0 Å². The van der Waals surface area contributed by atoms with Crippen LogP contribution in [-0.4, -0.2) is 34.5 Å². The largest absolute Gasteiger partial charge is 0.339 e. The minimum Gasteiger partial charge on any atom is -0.339 e. The molecule has 0 atom stereocenters. The number of likely N-dealkylation sites (tertiary alicyclic amines) is 1. The third-order valence-corrected chi connectivity index (χ3v) is 6.66. The minimum absolute atomic E-state index is 0.101. The van der Waals surface area contributed by atoms with Crippen molar-refractivity contribution >= 4 is 16.7 Å². The average Bonchev–Trinajstić information content (AvgIpc) is 3.11. The molecule has 0 saturated carbocycles. The first-order valence-corrected chi connectivity index (χ1v) is 11.0. The Morgan fingerprint density at radius 2 is 1.70 bits per heavy atom. The van der Waals surface area contributed by atoms with Crippen LogP contribution in [0.2, 0.25) is 0 Å². The van der Waals surface area contributed by atoms with Gasteiger partial charge in [-0.05, 0) is 92.7 Å². The SMILES string of the molecule is CCC(CC)N1CCC(c2cn(N)c3ccc(C(=O)c4ccc(F)cc4)cc23)CC1. The number of halogens is 1. The Morgan fingerprint density at radius 1 is 1.07 bits per heavy atom. The molecule has 30 heavy (non-hydrogen) atoms. The molecule has 0 amide bonds. The number of nitrogens with zero attached hydrogens (tertiary/aromatic N) is 2. The lowest BCUT2D eigenvalue weighted by atomic mass is 9.87. The van der Waals surface area contributed by atoms with Crippen LogP contribution in [0, 0.1) is 5.82 Å². The van der Waals surface area contributed by atoms with Gasteiger partial charge in [0.15, 0.2) is 5.78 Å². The summed E-state index contributed by atoms with van der Waals surface area (Å²) in [6.45, 7) is 6.73. The molecule has 1 aliphatic rings. The molecule has 158 valence electrons. The van der Waals surface area contributed by atoms with Crippen LogP contribution in [0.4, 0.5) is 4.39 Å². The Kier molecular flexibility index (Phi) is 5.91. The van der Waals surface area contributed by atoms with E-state index in [1.54, 1.807) is 10.7 Å². The fraction of sp³-hybridized carbons (Fsp3) is 0.400. The smallest absolute Gasteiger partial charge is 0.193 e. The molecule has 3 aromatic rings. The molecule has 5 heteroatoms. The molecule has 1 fully saturated rings. The summed E-state index contributed by atoms with van der Waals surface area (Å²) in [5, 5.41) is 1.05. The van der Waals surface area contributed by atoms with E-state index in [4.69, 9.17) is 5.84 Å². The number of aromatic nitrogens is 1. The van der Waals surface area contributed by atoms with Crippen molar-refractivity contribution in [3.63, 3.8) is 0 Å². The number of carbonyl (C=O) groups is 1. The van der Waals surface area contributed by atoms with Gasteiger partial charge in [-0.15, -0.1) is 0 Å². The highest BCUT2D eigenvalue weighted by Crippen LogP contribution is 2.35. The summed E-state index contributed by atoms with van der Waals surface area (Å²) in [4.78, 5) is 15.5. The third kappa shape index (κ3) is 3.86. The van der Waals surface area contributed by atoms with Crippen molar-refractivity contribution in [1.82, 2.24) is 9.58 Å². The van der Waals surface area contributed by atoms with E-state index in [-0.39, 0.29) is 11.6 Å². The van der Waals surface area contributed by atoms with Crippen LogP contribution >= 0.6 is 0 Å². The molecule has 1 aromatic heterocycles. The summed E-state index contributed by atoms with van der Waals surface area (Å²) in [7, 11) is 0. The Labute approximate surface area is 177 Å². The zero-order chi connectivity index (χ0) is 21.3. The topological polar surface area (TPSA) is 51.3 Å². The average molecular weight is 408 g/mol. The predicted octanol–water partition coefficient (Wildman–Crippen LogP) is 5.09. The van der Waals surface area contributed by atoms with Crippen molar-refractivity contribution in [3.8, 4) is 0 Å². The van der Waals surface area contributed by atoms with E-state index in [2.05, 4.69) is 18.7 Å². The van der Waals surface area contributed by atoms with Crippen LogP contribution in [0.25, 0.3) is 10.9 Å².